The van der Waals surface area contributed by atoms with E-state index in [9.17, 15) is 22.8 Å². The number of pyridine rings is 4. The van der Waals surface area contributed by atoms with Crippen LogP contribution >= 0.6 is 46.2 Å². The Morgan fingerprint density at radius 3 is 2.06 bits per heavy atom. The number of alkyl halides is 3. The maximum absolute atomic E-state index is 12.5. The van der Waals surface area contributed by atoms with Gasteiger partial charge in [-0.05, 0) is 77.4 Å². The van der Waals surface area contributed by atoms with E-state index in [-0.39, 0.29) is 30.9 Å². The van der Waals surface area contributed by atoms with Crippen molar-refractivity contribution in [3.05, 3.63) is 112 Å². The fourth-order valence-electron chi connectivity index (χ4n) is 7.14. The van der Waals surface area contributed by atoms with Gasteiger partial charge in [-0.3, -0.25) is 30.0 Å². The number of unbranched alkanes of at least 4 members (excludes halogenated alkanes) is 3. The van der Waals surface area contributed by atoms with Crippen molar-refractivity contribution in [1.29, 1.82) is 5.41 Å². The Kier molecular flexibility index (Phi) is 19.8. The molecule has 0 aromatic carbocycles. The molecule has 0 aliphatic carbocycles. The molecule has 0 saturated carbocycles. The van der Waals surface area contributed by atoms with Gasteiger partial charge in [0.1, 0.15) is 43.6 Å². The van der Waals surface area contributed by atoms with Crippen molar-refractivity contribution in [3.8, 4) is 87.9 Å². The minimum absolute atomic E-state index is 0. The third-order valence-electron chi connectivity index (χ3n) is 10.3. The molecule has 9 heterocycles. The summed E-state index contributed by atoms with van der Waals surface area (Å²) in [5.74, 6) is 3.31. The predicted octanol–water partition coefficient (Wildman–Crippen LogP) is 12.8. The second kappa shape index (κ2) is 26.1. The number of carbonyl (C=O) groups is 2. The van der Waals surface area contributed by atoms with Crippen LogP contribution in [0.3, 0.4) is 0 Å². The molecule has 9 rings (SSSR count). The van der Waals surface area contributed by atoms with E-state index in [1.54, 1.807) is 53.9 Å². The third-order valence-corrected chi connectivity index (χ3v) is 13.6. The minimum Gasteiger partial charge on any atom is -0.753 e. The van der Waals surface area contributed by atoms with Gasteiger partial charge in [-0.1, -0.05) is 38.4 Å². The summed E-state index contributed by atoms with van der Waals surface area (Å²) in [5.41, 5.74) is 10.6. The number of halogens is 3. The summed E-state index contributed by atoms with van der Waals surface area (Å²) in [7, 11) is 0. The monoisotopic (exact) mass is 1140 g/mol. The van der Waals surface area contributed by atoms with Crippen molar-refractivity contribution in [3.63, 3.8) is 0 Å². The largest absolute Gasteiger partial charge is 2.00 e. The molecule has 0 bridgehead atoms. The number of fused-ring (bicyclic) bond motifs is 2. The van der Waals surface area contributed by atoms with Crippen LogP contribution in [0.2, 0.25) is 0 Å². The molecule has 372 valence electrons. The molecule has 2 aliphatic rings. The number of hydrogen-bond acceptors (Lipinski definition) is 17. The Morgan fingerprint density at radius 1 is 0.778 bits per heavy atom. The Hall–Kier alpha value is -6.74. The number of nitrogens with zero attached hydrogens (tertiary/aromatic N) is 5. The third kappa shape index (κ3) is 13.6. The fourth-order valence-corrected chi connectivity index (χ4v) is 10.4. The summed E-state index contributed by atoms with van der Waals surface area (Å²) >= 11 is 8.34. The number of aromatic nitrogens is 4. The molecule has 0 atom stereocenters. The van der Waals surface area contributed by atoms with Crippen LogP contribution in [0.25, 0.3) is 70.3 Å². The van der Waals surface area contributed by atoms with E-state index in [0.717, 1.165) is 49.2 Å². The maximum Gasteiger partial charge on any atom is 2.00 e. The normalized spacial score (nSPS) is 12.4. The van der Waals surface area contributed by atoms with E-state index in [2.05, 4.69) is 40.2 Å². The molecule has 0 unspecified atom stereocenters. The molecule has 0 spiro atoms. The van der Waals surface area contributed by atoms with E-state index in [4.69, 9.17) is 50.0 Å². The number of rotatable bonds is 16. The van der Waals surface area contributed by atoms with E-state index in [1.807, 2.05) is 22.9 Å². The first-order valence-corrected chi connectivity index (χ1v) is 24.5. The van der Waals surface area contributed by atoms with Crippen molar-refractivity contribution >= 4 is 75.7 Å². The number of nitrogens with one attached hydrogen (secondary N) is 2. The number of thiophene rings is 3. The second-order valence-electron chi connectivity index (χ2n) is 15.0. The molecule has 15 nitrogen and oxygen atoms in total. The number of thiocarbonyl (C=S) groups is 1. The van der Waals surface area contributed by atoms with Gasteiger partial charge in [0.15, 0.2) is 23.0 Å². The number of allylic oxidation sites excluding steroid dienone is 1. The van der Waals surface area contributed by atoms with Crippen LogP contribution < -0.4 is 28.4 Å². The molecule has 72 heavy (non-hydrogen) atoms. The Balaban J connectivity index is 0.000000244. The van der Waals surface area contributed by atoms with Gasteiger partial charge in [0.25, 0.3) is 12.9 Å². The molecule has 0 amide bonds. The van der Waals surface area contributed by atoms with Crippen LogP contribution in [-0.4, -0.2) is 76.4 Å². The number of isothiocyanates is 1. The van der Waals surface area contributed by atoms with Gasteiger partial charge in [0, 0.05) is 52.7 Å². The topological polar surface area (TPSA) is 211 Å². The molecule has 7 aromatic rings. The molecule has 7 aromatic heterocycles. The summed E-state index contributed by atoms with van der Waals surface area (Å²) in [6.45, 7) is 4.68. The zero-order valence-electron chi connectivity index (χ0n) is 37.8. The molecule has 2 aliphatic heterocycles. The van der Waals surface area contributed by atoms with Crippen LogP contribution in [0.1, 0.15) is 43.9 Å². The van der Waals surface area contributed by atoms with Crippen molar-refractivity contribution in [1.82, 2.24) is 19.9 Å². The number of hydrogen-bond donors (Lipinski definition) is 1. The second-order valence-corrected chi connectivity index (χ2v) is 18.0. The smallest absolute Gasteiger partial charge is 0.753 e. The standard InChI is InChI=1S/C29H19N3O8S2.C19H21F3N3S.CNS.Ru/c33-14-39-17-2-4-31-20(10-17)22-12-18(40-15-34)11-21(32-22)19-9-16(1-3-30-19)27-25-26(38-8-7-37-25)29(42-27)28-24-23(13-41-28)35-5-6-36-24;1-2-3-4-5-6-13-8-10-26-18(13)14-7-9-25-16(11-14)15(23)12-17(24)19(20,21)22;2-1-3;/h1-4,9-15H,5-8H2;7-12,23-24H,2-6H2,1H3;;/q;2*-1;+2/b;15-12-,24-17?;;. The number of carbonyl (C=O) groups excluding carboxylic acids is 2. The fraction of sp³-hybridized carbons (Fsp3) is 0.224. The maximum atomic E-state index is 12.5. The van der Waals surface area contributed by atoms with Gasteiger partial charge in [0.2, 0.25) is 0 Å². The molecular weight excluding hydrogens is 1100 g/mol. The summed E-state index contributed by atoms with van der Waals surface area (Å²) in [6.07, 6.45) is 6.00. The average Bonchev–Trinajstić information content (AvgIpc) is 4.13. The first-order chi connectivity index (χ1) is 34.5. The summed E-state index contributed by atoms with van der Waals surface area (Å²) < 4.78 is 71.5. The molecular formula is C49H40F3N7O8RuS4. The molecule has 23 heteroatoms. The van der Waals surface area contributed by atoms with Gasteiger partial charge in [-0.2, -0.15) is 18.3 Å². The van der Waals surface area contributed by atoms with Crippen molar-refractivity contribution in [2.24, 2.45) is 0 Å². The first-order valence-electron chi connectivity index (χ1n) is 21.5. The summed E-state index contributed by atoms with van der Waals surface area (Å²) in [4.78, 5) is 43.4. The molecule has 2 N–H and O–H groups in total. The summed E-state index contributed by atoms with van der Waals surface area (Å²) in [6, 6.07) is 15.5. The van der Waals surface area contributed by atoms with E-state index in [1.165, 1.54) is 65.1 Å². The van der Waals surface area contributed by atoms with Gasteiger partial charge in [-0.25, -0.2) is 4.98 Å². The van der Waals surface area contributed by atoms with Crippen LogP contribution in [0.5, 0.6) is 34.5 Å². The Bertz CT molecular complexity index is 3080. The number of aryl methyl sites for hydroxylation is 1. The van der Waals surface area contributed by atoms with Gasteiger partial charge in [-0.15, -0.1) is 39.7 Å². The van der Waals surface area contributed by atoms with E-state index >= 15 is 0 Å². The SMILES string of the molecule is CCCCCCc1ccsc1-c1ccnc(/C([NH-])=C/C(=N)C(F)(F)F)c1.O=COc1ccnc(-c2cc(OC=O)cc(-c3cc(-c4sc(-c5scc6c5OCCO6)c5c4OCCO5)ccn3)n2)c1.[N-]=C=S.[Ru+2]. The molecule has 0 saturated heterocycles. The van der Waals surface area contributed by atoms with Gasteiger partial charge in [0.05, 0.1) is 37.4 Å². The van der Waals surface area contributed by atoms with Gasteiger partial charge >= 0.3 is 25.7 Å². The first kappa shape index (κ1) is 54.6. The Labute approximate surface area is 441 Å². The quantitative estimate of drug-likeness (QED) is 0.0314. The average molecular weight is 1140 g/mol. The van der Waals surface area contributed by atoms with E-state index < -0.39 is 17.6 Å². The van der Waals surface area contributed by atoms with Crippen LogP contribution in [-0.2, 0) is 35.5 Å². The van der Waals surface area contributed by atoms with Crippen LogP contribution in [0.15, 0.2) is 90.0 Å². The Morgan fingerprint density at radius 2 is 1.38 bits per heavy atom. The van der Waals surface area contributed by atoms with Crippen molar-refractivity contribution in [2.45, 2.75) is 45.2 Å². The van der Waals surface area contributed by atoms with Gasteiger partial charge < -0.3 is 39.6 Å². The van der Waals surface area contributed by atoms with Crippen LogP contribution in [0.4, 0.5) is 13.2 Å². The number of ether oxygens (including phenoxy) is 6. The van der Waals surface area contributed by atoms with E-state index in [0.29, 0.717) is 91.2 Å². The molecule has 0 fully saturated rings. The zero-order chi connectivity index (χ0) is 50.3. The minimum atomic E-state index is -4.76. The zero-order valence-corrected chi connectivity index (χ0v) is 42.8. The molecule has 0 radical (unpaired) electrons. The van der Waals surface area contributed by atoms with Crippen LogP contribution in [0, 0.1) is 5.41 Å². The van der Waals surface area contributed by atoms with Crippen molar-refractivity contribution in [2.75, 3.05) is 26.4 Å². The van der Waals surface area contributed by atoms with Crippen molar-refractivity contribution < 1.29 is 70.7 Å². The summed E-state index contributed by atoms with van der Waals surface area (Å²) in [5, 5.41) is 19.4. The predicted molar refractivity (Wildman–Crippen MR) is 270 cm³/mol.